The van der Waals surface area contributed by atoms with E-state index in [2.05, 4.69) is 5.32 Å². The number of rotatable bonds is 6. The van der Waals surface area contributed by atoms with Crippen LogP contribution in [0.2, 0.25) is 0 Å². The number of hydrogen-bond acceptors (Lipinski definition) is 2. The molecular formula is C10H16NO3P. The van der Waals surface area contributed by atoms with Gasteiger partial charge in [-0.25, -0.2) is 0 Å². The number of nitrogens with one attached hydrogen (secondary N) is 1. The van der Waals surface area contributed by atoms with Crippen molar-refractivity contribution in [2.75, 3.05) is 12.7 Å². The standard InChI is InChI=1S/C10H16NO3P/c12-15(13,14)8-4-7-11-9-10-5-2-1-3-6-10/h1-3,5-6,11H,4,7-9H2,(H2,12,13,14). The van der Waals surface area contributed by atoms with Crippen LogP contribution in [0.15, 0.2) is 30.3 Å². The van der Waals surface area contributed by atoms with E-state index in [-0.39, 0.29) is 6.16 Å². The molecule has 0 amide bonds. The van der Waals surface area contributed by atoms with Gasteiger partial charge >= 0.3 is 7.60 Å². The highest BCUT2D eigenvalue weighted by Gasteiger charge is 2.10. The van der Waals surface area contributed by atoms with E-state index in [1.165, 1.54) is 5.56 Å². The first-order chi connectivity index (χ1) is 7.08. The SMILES string of the molecule is O=P(O)(O)CCCNCc1ccccc1. The minimum atomic E-state index is -3.82. The maximum atomic E-state index is 10.5. The Hall–Kier alpha value is -0.670. The van der Waals surface area contributed by atoms with Crippen molar-refractivity contribution >= 4 is 7.60 Å². The summed E-state index contributed by atoms with van der Waals surface area (Å²) >= 11 is 0. The molecule has 0 heterocycles. The maximum Gasteiger partial charge on any atom is 0.325 e. The van der Waals surface area contributed by atoms with E-state index in [1.807, 2.05) is 30.3 Å². The van der Waals surface area contributed by atoms with Crippen molar-refractivity contribution in [2.45, 2.75) is 13.0 Å². The Morgan fingerprint density at radius 1 is 1.20 bits per heavy atom. The fraction of sp³-hybridized carbons (Fsp3) is 0.400. The molecule has 1 rings (SSSR count). The largest absolute Gasteiger partial charge is 0.325 e. The van der Waals surface area contributed by atoms with Gasteiger partial charge in [0.2, 0.25) is 0 Å². The molecule has 0 unspecified atom stereocenters. The van der Waals surface area contributed by atoms with Crippen LogP contribution in [0.25, 0.3) is 0 Å². The van der Waals surface area contributed by atoms with Crippen LogP contribution in [0.5, 0.6) is 0 Å². The van der Waals surface area contributed by atoms with Gasteiger partial charge in [-0.2, -0.15) is 0 Å². The molecule has 1 aromatic rings. The van der Waals surface area contributed by atoms with Crippen molar-refractivity contribution in [3.63, 3.8) is 0 Å². The first kappa shape index (κ1) is 12.4. The molecule has 0 aromatic heterocycles. The van der Waals surface area contributed by atoms with Gasteiger partial charge in [0.25, 0.3) is 0 Å². The molecule has 1 aromatic carbocycles. The van der Waals surface area contributed by atoms with E-state index in [4.69, 9.17) is 9.79 Å². The molecular weight excluding hydrogens is 213 g/mol. The van der Waals surface area contributed by atoms with Crippen LogP contribution >= 0.6 is 7.60 Å². The van der Waals surface area contributed by atoms with Crippen molar-refractivity contribution in [3.8, 4) is 0 Å². The maximum absolute atomic E-state index is 10.5. The van der Waals surface area contributed by atoms with Crippen molar-refractivity contribution in [1.29, 1.82) is 0 Å². The Labute approximate surface area is 89.5 Å². The third-order valence-corrected chi connectivity index (χ3v) is 2.87. The Morgan fingerprint density at radius 2 is 1.87 bits per heavy atom. The van der Waals surface area contributed by atoms with E-state index in [0.717, 1.165) is 6.54 Å². The van der Waals surface area contributed by atoms with Crippen LogP contribution in [-0.2, 0) is 11.1 Å². The van der Waals surface area contributed by atoms with Crippen LogP contribution in [-0.4, -0.2) is 22.5 Å². The molecule has 3 N–H and O–H groups in total. The van der Waals surface area contributed by atoms with E-state index >= 15 is 0 Å². The zero-order valence-electron chi connectivity index (χ0n) is 8.47. The molecule has 0 aliphatic rings. The third-order valence-electron chi connectivity index (χ3n) is 1.97. The molecule has 0 saturated carbocycles. The number of benzene rings is 1. The lowest BCUT2D eigenvalue weighted by Crippen LogP contribution is -2.15. The van der Waals surface area contributed by atoms with Crippen LogP contribution < -0.4 is 5.32 Å². The molecule has 4 nitrogen and oxygen atoms in total. The predicted molar refractivity (Wildman–Crippen MR) is 59.7 cm³/mol. The Balaban J connectivity index is 2.10. The summed E-state index contributed by atoms with van der Waals surface area (Å²) < 4.78 is 10.5. The fourth-order valence-electron chi connectivity index (χ4n) is 1.24. The van der Waals surface area contributed by atoms with Crippen LogP contribution in [0, 0.1) is 0 Å². The zero-order valence-corrected chi connectivity index (χ0v) is 9.36. The monoisotopic (exact) mass is 229 g/mol. The second-order valence-electron chi connectivity index (χ2n) is 3.40. The Morgan fingerprint density at radius 3 is 2.47 bits per heavy atom. The average Bonchev–Trinajstić information content (AvgIpc) is 2.17. The van der Waals surface area contributed by atoms with Gasteiger partial charge in [0.15, 0.2) is 0 Å². The van der Waals surface area contributed by atoms with Gasteiger partial charge in [-0.15, -0.1) is 0 Å². The normalized spacial score (nSPS) is 11.6. The predicted octanol–water partition coefficient (Wildman–Crippen LogP) is 1.34. The number of hydrogen-bond donors (Lipinski definition) is 3. The summed E-state index contributed by atoms with van der Waals surface area (Å²) in [6.45, 7) is 1.36. The molecule has 0 aliphatic heterocycles. The topological polar surface area (TPSA) is 69.6 Å². The Bertz CT molecular complexity index is 323. The van der Waals surface area contributed by atoms with Gasteiger partial charge in [0.05, 0.1) is 6.16 Å². The average molecular weight is 229 g/mol. The summed E-state index contributed by atoms with van der Waals surface area (Å²) in [4.78, 5) is 17.2. The molecule has 0 saturated heterocycles. The highest BCUT2D eigenvalue weighted by atomic mass is 31.2. The van der Waals surface area contributed by atoms with E-state index in [9.17, 15) is 4.57 Å². The van der Waals surface area contributed by atoms with Gasteiger partial charge in [-0.1, -0.05) is 30.3 Å². The van der Waals surface area contributed by atoms with Gasteiger partial charge in [0, 0.05) is 6.54 Å². The van der Waals surface area contributed by atoms with E-state index in [0.29, 0.717) is 13.0 Å². The van der Waals surface area contributed by atoms with E-state index < -0.39 is 7.60 Å². The summed E-state index contributed by atoms with van der Waals surface area (Å²) in [6, 6.07) is 9.91. The molecule has 0 aliphatic carbocycles. The van der Waals surface area contributed by atoms with E-state index in [1.54, 1.807) is 0 Å². The Kier molecular flexibility index (Phi) is 4.99. The molecule has 0 bridgehead atoms. The second-order valence-corrected chi connectivity index (χ2v) is 5.18. The molecule has 84 valence electrons. The minimum Gasteiger partial charge on any atom is -0.324 e. The summed E-state index contributed by atoms with van der Waals surface area (Å²) in [6.07, 6.45) is 0.450. The smallest absolute Gasteiger partial charge is 0.324 e. The zero-order chi connectivity index (χ0) is 11.1. The molecule has 15 heavy (non-hydrogen) atoms. The lowest BCUT2D eigenvalue weighted by atomic mass is 10.2. The third kappa shape index (κ3) is 6.42. The first-order valence-electron chi connectivity index (χ1n) is 4.87. The van der Waals surface area contributed by atoms with Crippen LogP contribution in [0.4, 0.5) is 0 Å². The van der Waals surface area contributed by atoms with Gasteiger partial charge in [-0.3, -0.25) is 4.57 Å². The van der Waals surface area contributed by atoms with Gasteiger partial charge in [0.1, 0.15) is 0 Å². The highest BCUT2D eigenvalue weighted by molar-refractivity contribution is 7.51. The first-order valence-corrected chi connectivity index (χ1v) is 6.67. The van der Waals surface area contributed by atoms with Crippen molar-refractivity contribution in [1.82, 2.24) is 5.32 Å². The van der Waals surface area contributed by atoms with Crippen molar-refractivity contribution < 1.29 is 14.4 Å². The van der Waals surface area contributed by atoms with Crippen LogP contribution in [0.1, 0.15) is 12.0 Å². The molecule has 0 radical (unpaired) electrons. The van der Waals surface area contributed by atoms with Gasteiger partial charge in [-0.05, 0) is 18.5 Å². The quantitative estimate of drug-likeness (QED) is 0.508. The minimum absolute atomic E-state index is 0.0468. The lowest BCUT2D eigenvalue weighted by Gasteiger charge is -2.05. The molecule has 0 fully saturated rings. The molecule has 0 atom stereocenters. The highest BCUT2D eigenvalue weighted by Crippen LogP contribution is 2.34. The second kappa shape index (κ2) is 6.03. The summed E-state index contributed by atoms with van der Waals surface area (Å²) in [5.74, 6) is 0. The van der Waals surface area contributed by atoms with Crippen molar-refractivity contribution in [3.05, 3.63) is 35.9 Å². The lowest BCUT2D eigenvalue weighted by molar-refractivity contribution is 0.371. The van der Waals surface area contributed by atoms with Gasteiger partial charge < -0.3 is 15.1 Å². The fourth-order valence-corrected chi connectivity index (χ4v) is 1.81. The van der Waals surface area contributed by atoms with Crippen LogP contribution in [0.3, 0.4) is 0 Å². The molecule has 0 spiro atoms. The van der Waals surface area contributed by atoms with Crippen molar-refractivity contribution in [2.24, 2.45) is 0 Å². The molecule has 5 heteroatoms. The summed E-state index contributed by atoms with van der Waals surface area (Å²) in [7, 11) is -3.82. The summed E-state index contributed by atoms with van der Waals surface area (Å²) in [5, 5.41) is 3.13. The summed E-state index contributed by atoms with van der Waals surface area (Å²) in [5.41, 5.74) is 1.17.